The molecule has 3 aliphatic carbocycles. The third-order valence-electron chi connectivity index (χ3n) is 9.76. The molecule has 0 aromatic heterocycles. The smallest absolute Gasteiger partial charge is 0.321 e. The summed E-state index contributed by atoms with van der Waals surface area (Å²) in [6, 6.07) is 1.83. The number of aromatic hydroxyl groups is 1. The van der Waals surface area contributed by atoms with E-state index < -0.39 is 52.3 Å². The maximum absolute atomic E-state index is 13.6. The van der Waals surface area contributed by atoms with Crippen LogP contribution < -0.4 is 15.8 Å². The van der Waals surface area contributed by atoms with Gasteiger partial charge in [0.1, 0.15) is 12.1 Å². The highest BCUT2D eigenvalue weighted by Crippen LogP contribution is 2.65. The summed E-state index contributed by atoms with van der Waals surface area (Å²) in [6.45, 7) is 1.77. The van der Waals surface area contributed by atoms with E-state index in [-0.39, 0.29) is 24.0 Å². The van der Waals surface area contributed by atoms with Crippen molar-refractivity contribution in [3.8, 4) is 11.5 Å². The summed E-state index contributed by atoms with van der Waals surface area (Å²) in [6.07, 6.45) is 3.84. The monoisotopic (exact) mass is 575 g/mol. The molecule has 0 radical (unpaired) electrons. The largest absolute Gasteiger partial charge is 0.504 e. The lowest BCUT2D eigenvalue weighted by Gasteiger charge is -2.64. The number of nitrogens with zero attached hydrogens (tertiary/aromatic N) is 1. The van der Waals surface area contributed by atoms with E-state index in [1.807, 2.05) is 6.07 Å². The molecule has 218 valence electrons. The third-order valence-corrected chi connectivity index (χ3v) is 11.1. The van der Waals surface area contributed by atoms with Crippen LogP contribution in [0, 0.1) is 5.92 Å². The number of aliphatic carboxylic acids is 1. The normalized spacial score (nSPS) is 33.3. The van der Waals surface area contributed by atoms with Gasteiger partial charge < -0.3 is 35.8 Å². The second kappa shape index (κ2) is 10.1. The predicted octanol–water partition coefficient (Wildman–Crippen LogP) is 0.518. The molecule has 1 aromatic rings. The van der Waals surface area contributed by atoms with Gasteiger partial charge in [0.25, 0.3) is 0 Å². The molecule has 7 atom stereocenters. The van der Waals surface area contributed by atoms with Crippen molar-refractivity contribution in [2.24, 2.45) is 11.7 Å². The number of amides is 1. The number of carboxylic acids is 1. The van der Waals surface area contributed by atoms with Gasteiger partial charge in [-0.05, 0) is 62.6 Å². The summed E-state index contributed by atoms with van der Waals surface area (Å²) in [5.41, 5.74) is 5.73. The van der Waals surface area contributed by atoms with E-state index in [2.05, 4.69) is 10.2 Å². The molecule has 11 nitrogen and oxygen atoms in total. The van der Waals surface area contributed by atoms with Crippen molar-refractivity contribution in [1.29, 1.82) is 0 Å². The SMILES string of the molecule is COC(=O)CC(SCC(N)C(=O)O)C(=O)N[C@@H]1CC[C@@]2(O)C3Cc4ccc(O)c5c4[C@@]2(CCN3CC2CC2)[C@H]1O5. The van der Waals surface area contributed by atoms with Crippen LogP contribution in [-0.2, 0) is 31.0 Å². The summed E-state index contributed by atoms with van der Waals surface area (Å²) in [4.78, 5) is 39.3. The first-order valence-corrected chi connectivity index (χ1v) is 15.1. The van der Waals surface area contributed by atoms with Crippen molar-refractivity contribution in [3.63, 3.8) is 0 Å². The molecule has 6 rings (SSSR count). The van der Waals surface area contributed by atoms with E-state index in [4.69, 9.17) is 20.3 Å². The lowest BCUT2D eigenvalue weighted by atomic mass is 9.48. The number of nitrogens with two attached hydrogens (primary N) is 1. The Balaban J connectivity index is 1.29. The molecule has 6 N–H and O–H groups in total. The van der Waals surface area contributed by atoms with Crippen molar-refractivity contribution >= 4 is 29.6 Å². The zero-order chi connectivity index (χ0) is 28.4. The molecular formula is C28H37N3O8S. The molecular weight excluding hydrogens is 538 g/mol. The Morgan fingerprint density at radius 3 is 2.75 bits per heavy atom. The predicted molar refractivity (Wildman–Crippen MR) is 145 cm³/mol. The van der Waals surface area contributed by atoms with Gasteiger partial charge in [-0.2, -0.15) is 0 Å². The summed E-state index contributed by atoms with van der Waals surface area (Å²) < 4.78 is 11.3. The quantitative estimate of drug-likeness (QED) is 0.246. The van der Waals surface area contributed by atoms with Gasteiger partial charge in [-0.15, -0.1) is 11.8 Å². The number of piperidine rings is 1. The first-order valence-electron chi connectivity index (χ1n) is 14.0. The Hall–Kier alpha value is -2.54. The zero-order valence-corrected chi connectivity index (χ0v) is 23.3. The number of phenols is 1. The Bertz CT molecular complexity index is 1230. The number of carbonyl (C=O) groups is 3. The molecule has 2 saturated carbocycles. The average Bonchev–Trinajstić information content (AvgIpc) is 3.67. The van der Waals surface area contributed by atoms with Crippen LogP contribution >= 0.6 is 11.8 Å². The van der Waals surface area contributed by atoms with Gasteiger partial charge in [-0.1, -0.05) is 6.07 Å². The van der Waals surface area contributed by atoms with Gasteiger partial charge in [0.2, 0.25) is 5.91 Å². The van der Waals surface area contributed by atoms with Crippen LogP contribution in [0.4, 0.5) is 0 Å². The number of hydrogen-bond acceptors (Lipinski definition) is 10. The highest BCUT2D eigenvalue weighted by atomic mass is 32.2. The van der Waals surface area contributed by atoms with E-state index in [9.17, 15) is 24.6 Å². The first-order chi connectivity index (χ1) is 19.1. The second-order valence-corrected chi connectivity index (χ2v) is 13.2. The lowest BCUT2D eigenvalue weighted by molar-refractivity contribution is -0.192. The summed E-state index contributed by atoms with van der Waals surface area (Å²) in [5.74, 6) is -1.19. The van der Waals surface area contributed by atoms with Crippen LogP contribution in [0.3, 0.4) is 0 Å². The van der Waals surface area contributed by atoms with E-state index in [1.165, 1.54) is 20.0 Å². The van der Waals surface area contributed by atoms with E-state index in [1.54, 1.807) is 6.07 Å². The van der Waals surface area contributed by atoms with Crippen molar-refractivity contribution in [2.75, 3.05) is 26.0 Å². The summed E-state index contributed by atoms with van der Waals surface area (Å²) in [7, 11) is 1.23. The molecule has 1 aromatic carbocycles. The molecule has 1 spiro atoms. The number of phenolic OH excluding ortho intramolecular Hbond substituents is 1. The standard InChI is InChI=1S/C28H37N3O8S/c1-38-21(33)11-19(40-13-16(29)26(35)36)25(34)30-17-6-7-28(37)20-10-15-4-5-18(32)23-22(15)27(28,24(17)39-23)8-9-31(20)12-14-2-3-14/h4-5,14,16-17,19-20,24,32,37H,2-3,6-13,29H2,1H3,(H,30,34)(H,35,36)/t16?,17-,19?,20?,24+,27+,28-/m1/s1. The van der Waals surface area contributed by atoms with Gasteiger partial charge in [-0.25, -0.2) is 0 Å². The number of thioether (sulfide) groups is 1. The Morgan fingerprint density at radius 1 is 1.27 bits per heavy atom. The van der Waals surface area contributed by atoms with Crippen molar-refractivity contribution < 1.29 is 39.2 Å². The lowest BCUT2D eigenvalue weighted by Crippen LogP contribution is -2.78. The van der Waals surface area contributed by atoms with E-state index in [0.717, 1.165) is 36.0 Å². The molecule has 3 fully saturated rings. The fraction of sp³-hybridized carbons (Fsp3) is 0.679. The van der Waals surface area contributed by atoms with Gasteiger partial charge in [-0.3, -0.25) is 19.3 Å². The molecule has 2 heterocycles. The highest BCUT2D eigenvalue weighted by molar-refractivity contribution is 8.00. The second-order valence-electron chi connectivity index (χ2n) is 12.0. The van der Waals surface area contributed by atoms with Crippen molar-refractivity contribution in [3.05, 3.63) is 23.3 Å². The Morgan fingerprint density at radius 2 is 2.05 bits per heavy atom. The maximum atomic E-state index is 13.6. The molecule has 1 saturated heterocycles. The maximum Gasteiger partial charge on any atom is 0.321 e. The van der Waals surface area contributed by atoms with E-state index in [0.29, 0.717) is 37.4 Å². The number of rotatable bonds is 10. The molecule has 2 aliphatic heterocycles. The zero-order valence-electron chi connectivity index (χ0n) is 22.5. The number of benzene rings is 1. The van der Waals surface area contributed by atoms with Crippen LogP contribution in [-0.4, -0.2) is 99.1 Å². The van der Waals surface area contributed by atoms with Gasteiger partial charge in [0.15, 0.2) is 11.5 Å². The number of carbonyl (C=O) groups excluding carboxylic acids is 2. The van der Waals surface area contributed by atoms with Crippen molar-refractivity contribution in [2.45, 2.75) is 85.4 Å². The van der Waals surface area contributed by atoms with E-state index >= 15 is 0 Å². The summed E-state index contributed by atoms with van der Waals surface area (Å²) in [5, 5.41) is 34.7. The van der Waals surface area contributed by atoms with Crippen molar-refractivity contribution in [1.82, 2.24) is 10.2 Å². The number of hydrogen-bond donors (Lipinski definition) is 5. The van der Waals surface area contributed by atoms with Crippen LogP contribution in [0.5, 0.6) is 11.5 Å². The molecule has 3 unspecified atom stereocenters. The minimum absolute atomic E-state index is 0.0237. The number of nitrogens with one attached hydrogen (secondary N) is 1. The minimum atomic E-state index is -1.19. The van der Waals surface area contributed by atoms with Crippen LogP contribution in [0.2, 0.25) is 0 Å². The molecule has 5 aliphatic rings. The fourth-order valence-corrected chi connectivity index (χ4v) is 8.71. The number of esters is 1. The molecule has 2 bridgehead atoms. The minimum Gasteiger partial charge on any atom is -0.504 e. The Labute approximate surface area is 236 Å². The number of ether oxygens (including phenoxy) is 2. The van der Waals surface area contributed by atoms with Gasteiger partial charge in [0.05, 0.1) is 35.8 Å². The number of aliphatic hydroxyl groups is 1. The van der Waals surface area contributed by atoms with Crippen LogP contribution in [0.15, 0.2) is 12.1 Å². The topological polar surface area (TPSA) is 172 Å². The molecule has 12 heteroatoms. The number of carboxylic acid groups (broad SMARTS) is 1. The van der Waals surface area contributed by atoms with Gasteiger partial charge in [0, 0.05) is 23.9 Å². The highest BCUT2D eigenvalue weighted by Gasteiger charge is 2.73. The molecule has 40 heavy (non-hydrogen) atoms. The van der Waals surface area contributed by atoms with Gasteiger partial charge >= 0.3 is 11.9 Å². The van der Waals surface area contributed by atoms with Crippen LogP contribution in [0.25, 0.3) is 0 Å². The average molecular weight is 576 g/mol. The number of likely N-dealkylation sites (tertiary alicyclic amines) is 1. The number of methoxy groups -OCH3 is 1. The first kappa shape index (κ1) is 27.6. The summed E-state index contributed by atoms with van der Waals surface area (Å²) >= 11 is 0.999. The molecule has 1 amide bonds. The fourth-order valence-electron chi connectivity index (χ4n) is 7.66. The Kier molecular flexibility index (Phi) is 6.96. The van der Waals surface area contributed by atoms with Crippen LogP contribution in [0.1, 0.15) is 49.7 Å². The third kappa shape index (κ3) is 4.26.